The Balaban J connectivity index is 2.20. The van der Waals surface area contributed by atoms with Crippen molar-refractivity contribution in [3.63, 3.8) is 0 Å². The Bertz CT molecular complexity index is 621. The molecular formula is C18H20N2. The predicted molar refractivity (Wildman–Crippen MR) is 83.8 cm³/mol. The molecule has 0 fully saturated rings. The van der Waals surface area contributed by atoms with Gasteiger partial charge in [0.2, 0.25) is 0 Å². The van der Waals surface area contributed by atoms with Crippen molar-refractivity contribution in [3.8, 4) is 6.07 Å². The standard InChI is InChI=1S/C18H20N2/c1-4-15-6-9-16(10-7-15)14(3)20-18-11-13(2)5-8-17(18)12-19/h5-11,14,20H,4H2,1-3H3. The zero-order valence-electron chi connectivity index (χ0n) is 12.3. The van der Waals surface area contributed by atoms with Crippen molar-refractivity contribution in [2.24, 2.45) is 0 Å². The van der Waals surface area contributed by atoms with E-state index in [1.807, 2.05) is 25.1 Å². The van der Waals surface area contributed by atoms with E-state index in [9.17, 15) is 5.26 Å². The maximum absolute atomic E-state index is 9.17. The smallest absolute Gasteiger partial charge is 0.101 e. The molecule has 0 amide bonds. The van der Waals surface area contributed by atoms with Crippen LogP contribution in [0.25, 0.3) is 0 Å². The van der Waals surface area contributed by atoms with Crippen molar-refractivity contribution in [1.82, 2.24) is 0 Å². The Hall–Kier alpha value is -2.27. The van der Waals surface area contributed by atoms with Crippen molar-refractivity contribution >= 4 is 5.69 Å². The topological polar surface area (TPSA) is 35.8 Å². The third kappa shape index (κ3) is 3.19. The third-order valence-corrected chi connectivity index (χ3v) is 3.56. The summed E-state index contributed by atoms with van der Waals surface area (Å²) in [5.74, 6) is 0. The minimum atomic E-state index is 0.176. The fourth-order valence-electron chi connectivity index (χ4n) is 2.23. The van der Waals surface area contributed by atoms with Crippen LogP contribution in [0, 0.1) is 18.3 Å². The monoisotopic (exact) mass is 264 g/mol. The lowest BCUT2D eigenvalue weighted by Crippen LogP contribution is -2.08. The highest BCUT2D eigenvalue weighted by Crippen LogP contribution is 2.23. The predicted octanol–water partition coefficient (Wildman–Crippen LogP) is 4.60. The van der Waals surface area contributed by atoms with E-state index in [0.29, 0.717) is 5.56 Å². The van der Waals surface area contributed by atoms with Gasteiger partial charge in [0.05, 0.1) is 11.3 Å². The van der Waals surface area contributed by atoms with Gasteiger partial charge >= 0.3 is 0 Å². The van der Waals surface area contributed by atoms with Crippen LogP contribution in [0.15, 0.2) is 42.5 Å². The zero-order chi connectivity index (χ0) is 14.5. The quantitative estimate of drug-likeness (QED) is 0.875. The Kier molecular flexibility index (Phi) is 4.42. The molecule has 0 aliphatic rings. The third-order valence-electron chi connectivity index (χ3n) is 3.56. The molecule has 0 radical (unpaired) electrons. The van der Waals surface area contributed by atoms with Gasteiger partial charge in [0, 0.05) is 6.04 Å². The number of hydrogen-bond donors (Lipinski definition) is 1. The fourth-order valence-corrected chi connectivity index (χ4v) is 2.23. The molecule has 2 nitrogen and oxygen atoms in total. The molecule has 2 aromatic rings. The summed E-state index contributed by atoms with van der Waals surface area (Å²) in [6.07, 6.45) is 1.05. The second-order valence-corrected chi connectivity index (χ2v) is 5.12. The maximum atomic E-state index is 9.17. The minimum Gasteiger partial charge on any atom is -0.377 e. The average molecular weight is 264 g/mol. The summed E-state index contributed by atoms with van der Waals surface area (Å²) in [7, 11) is 0. The Morgan fingerprint density at radius 3 is 2.45 bits per heavy atom. The second kappa shape index (κ2) is 6.25. The molecule has 0 bridgehead atoms. The van der Waals surface area contributed by atoms with Crippen LogP contribution in [0.2, 0.25) is 0 Å². The molecule has 0 saturated carbocycles. The second-order valence-electron chi connectivity index (χ2n) is 5.12. The van der Waals surface area contributed by atoms with Crippen molar-refractivity contribution in [2.75, 3.05) is 5.32 Å². The Labute approximate surface area is 121 Å². The fraction of sp³-hybridized carbons (Fsp3) is 0.278. The summed E-state index contributed by atoms with van der Waals surface area (Å²) < 4.78 is 0. The van der Waals surface area contributed by atoms with Crippen LogP contribution in [0.3, 0.4) is 0 Å². The van der Waals surface area contributed by atoms with Crippen LogP contribution in [0.5, 0.6) is 0 Å². The highest BCUT2D eigenvalue weighted by Gasteiger charge is 2.08. The van der Waals surface area contributed by atoms with E-state index in [4.69, 9.17) is 0 Å². The number of rotatable bonds is 4. The van der Waals surface area contributed by atoms with Crippen LogP contribution >= 0.6 is 0 Å². The van der Waals surface area contributed by atoms with Crippen LogP contribution in [0.1, 0.15) is 42.1 Å². The maximum Gasteiger partial charge on any atom is 0.101 e. The molecule has 0 aliphatic heterocycles. The zero-order valence-corrected chi connectivity index (χ0v) is 12.3. The molecule has 102 valence electrons. The molecule has 0 aromatic heterocycles. The molecule has 0 aliphatic carbocycles. The lowest BCUT2D eigenvalue weighted by atomic mass is 10.0. The molecule has 2 heteroatoms. The van der Waals surface area contributed by atoms with Gasteiger partial charge in [0.15, 0.2) is 0 Å². The summed E-state index contributed by atoms with van der Waals surface area (Å²) in [6.45, 7) is 6.31. The number of benzene rings is 2. The number of aryl methyl sites for hydroxylation is 2. The molecule has 1 unspecified atom stereocenters. The van der Waals surface area contributed by atoms with E-state index in [-0.39, 0.29) is 6.04 Å². The van der Waals surface area contributed by atoms with Crippen molar-refractivity contribution < 1.29 is 0 Å². The largest absolute Gasteiger partial charge is 0.377 e. The first-order chi connectivity index (χ1) is 9.63. The van der Waals surface area contributed by atoms with Gasteiger partial charge in [0.1, 0.15) is 6.07 Å². The van der Waals surface area contributed by atoms with Crippen LogP contribution in [-0.4, -0.2) is 0 Å². The van der Waals surface area contributed by atoms with Crippen molar-refractivity contribution in [3.05, 3.63) is 64.7 Å². The number of nitrogens with zero attached hydrogens (tertiary/aromatic N) is 1. The van der Waals surface area contributed by atoms with Gasteiger partial charge in [-0.1, -0.05) is 37.3 Å². The summed E-state index contributed by atoms with van der Waals surface area (Å²) in [5.41, 5.74) is 5.31. The minimum absolute atomic E-state index is 0.176. The molecule has 2 rings (SSSR count). The first-order valence-electron chi connectivity index (χ1n) is 7.00. The van der Waals surface area contributed by atoms with Crippen molar-refractivity contribution in [1.29, 1.82) is 5.26 Å². The van der Waals surface area contributed by atoms with Crippen molar-refractivity contribution in [2.45, 2.75) is 33.2 Å². The highest BCUT2D eigenvalue weighted by molar-refractivity contribution is 5.59. The van der Waals surface area contributed by atoms with E-state index in [0.717, 1.165) is 17.7 Å². The summed E-state index contributed by atoms with van der Waals surface area (Å²) in [6, 6.07) is 16.9. The molecule has 1 N–H and O–H groups in total. The van der Waals surface area contributed by atoms with E-state index < -0.39 is 0 Å². The van der Waals surface area contributed by atoms with Gasteiger partial charge in [-0.3, -0.25) is 0 Å². The van der Waals surface area contributed by atoms with E-state index in [2.05, 4.69) is 49.5 Å². The molecule has 0 heterocycles. The highest BCUT2D eigenvalue weighted by atomic mass is 14.9. The Morgan fingerprint density at radius 2 is 1.85 bits per heavy atom. The van der Waals surface area contributed by atoms with Crippen LogP contribution in [0.4, 0.5) is 5.69 Å². The van der Waals surface area contributed by atoms with E-state index in [1.54, 1.807) is 0 Å². The van der Waals surface area contributed by atoms with Gasteiger partial charge in [-0.05, 0) is 49.1 Å². The lowest BCUT2D eigenvalue weighted by molar-refractivity contribution is 0.881. The number of anilines is 1. The molecule has 1 atom stereocenters. The van der Waals surface area contributed by atoms with Gasteiger partial charge in [-0.25, -0.2) is 0 Å². The van der Waals surface area contributed by atoms with E-state index in [1.165, 1.54) is 11.1 Å². The summed E-state index contributed by atoms with van der Waals surface area (Å²) in [4.78, 5) is 0. The molecule has 0 saturated heterocycles. The SMILES string of the molecule is CCc1ccc(C(C)Nc2cc(C)ccc2C#N)cc1. The number of nitriles is 1. The molecule has 0 spiro atoms. The summed E-state index contributed by atoms with van der Waals surface area (Å²) >= 11 is 0. The number of nitrogens with one attached hydrogen (secondary N) is 1. The van der Waals surface area contributed by atoms with E-state index >= 15 is 0 Å². The van der Waals surface area contributed by atoms with Gasteiger partial charge < -0.3 is 5.32 Å². The normalized spacial score (nSPS) is 11.7. The molecular weight excluding hydrogens is 244 g/mol. The van der Waals surface area contributed by atoms with Gasteiger partial charge in [0.25, 0.3) is 0 Å². The van der Waals surface area contributed by atoms with Gasteiger partial charge in [-0.15, -0.1) is 0 Å². The Morgan fingerprint density at radius 1 is 1.15 bits per heavy atom. The first kappa shape index (κ1) is 14.1. The van der Waals surface area contributed by atoms with Crippen LogP contribution < -0.4 is 5.32 Å². The van der Waals surface area contributed by atoms with Crippen LogP contribution in [-0.2, 0) is 6.42 Å². The number of hydrogen-bond acceptors (Lipinski definition) is 2. The molecule has 2 aromatic carbocycles. The van der Waals surface area contributed by atoms with Gasteiger partial charge in [-0.2, -0.15) is 5.26 Å². The first-order valence-corrected chi connectivity index (χ1v) is 7.00. The summed E-state index contributed by atoms with van der Waals surface area (Å²) in [5, 5.41) is 12.6. The average Bonchev–Trinajstić information content (AvgIpc) is 2.47. The molecule has 20 heavy (non-hydrogen) atoms. The lowest BCUT2D eigenvalue weighted by Gasteiger charge is -2.17.